The first-order valence-electron chi connectivity index (χ1n) is 8.05. The fourth-order valence-electron chi connectivity index (χ4n) is 2.43. The van der Waals surface area contributed by atoms with Crippen LogP contribution >= 0.6 is 23.5 Å². The summed E-state index contributed by atoms with van der Waals surface area (Å²) in [4.78, 5) is 2.20. The van der Waals surface area contributed by atoms with Crippen LogP contribution in [0.4, 0.5) is 0 Å². The number of hydrogen-bond donors (Lipinski definition) is 4. The van der Waals surface area contributed by atoms with Gasteiger partial charge in [-0.15, -0.1) is 0 Å². The maximum Gasteiger partial charge on any atom is 0.151 e. The summed E-state index contributed by atoms with van der Waals surface area (Å²) in [6.45, 7) is 1.07. The van der Waals surface area contributed by atoms with E-state index in [9.17, 15) is 0 Å². The standard InChI is InChI=1S/C17H29N5S2/c1-22(2)10-3-4-15(12-24-17(20)21)14-7-5-13(6-8-14)9-11-23-16(18)19/h5-8,15H,3-4,9-12H2,1-2H3,(H3,18,19)(H3,20,21)/t15-/m0/s1. The van der Waals surface area contributed by atoms with Gasteiger partial charge in [0.15, 0.2) is 10.3 Å². The number of nitrogens with zero attached hydrogens (tertiary/aromatic N) is 1. The second kappa shape index (κ2) is 11.4. The highest BCUT2D eigenvalue weighted by molar-refractivity contribution is 8.13. The quantitative estimate of drug-likeness (QED) is 0.376. The van der Waals surface area contributed by atoms with Gasteiger partial charge < -0.3 is 16.4 Å². The van der Waals surface area contributed by atoms with E-state index < -0.39 is 0 Å². The first-order valence-corrected chi connectivity index (χ1v) is 10.0. The molecule has 0 radical (unpaired) electrons. The highest BCUT2D eigenvalue weighted by atomic mass is 32.2. The van der Waals surface area contributed by atoms with Gasteiger partial charge in [0.05, 0.1) is 0 Å². The Kier molecular flexibility index (Phi) is 9.90. The summed E-state index contributed by atoms with van der Waals surface area (Å²) in [6.07, 6.45) is 3.14. The number of nitrogens with two attached hydrogens (primary N) is 2. The van der Waals surface area contributed by atoms with Gasteiger partial charge in [-0.1, -0.05) is 47.8 Å². The van der Waals surface area contributed by atoms with Crippen LogP contribution in [0.3, 0.4) is 0 Å². The average molecular weight is 368 g/mol. The molecule has 0 saturated heterocycles. The molecule has 6 N–H and O–H groups in total. The van der Waals surface area contributed by atoms with Gasteiger partial charge in [-0.25, -0.2) is 0 Å². The van der Waals surface area contributed by atoms with Crippen LogP contribution in [0, 0.1) is 10.8 Å². The summed E-state index contributed by atoms with van der Waals surface area (Å²) in [5, 5.41) is 15.0. The normalized spacial score (nSPS) is 12.3. The predicted octanol–water partition coefficient (Wildman–Crippen LogP) is 2.91. The van der Waals surface area contributed by atoms with Crippen LogP contribution in [0.2, 0.25) is 0 Å². The Morgan fingerprint density at radius 3 is 2.25 bits per heavy atom. The first kappa shape index (κ1) is 20.9. The number of amidine groups is 2. The van der Waals surface area contributed by atoms with E-state index in [1.165, 1.54) is 34.7 Å². The lowest BCUT2D eigenvalue weighted by atomic mass is 9.94. The maximum atomic E-state index is 7.44. The molecule has 0 spiro atoms. The van der Waals surface area contributed by atoms with Gasteiger partial charge in [-0.2, -0.15) is 0 Å². The smallest absolute Gasteiger partial charge is 0.151 e. The average Bonchev–Trinajstić information content (AvgIpc) is 2.50. The molecular weight excluding hydrogens is 338 g/mol. The molecule has 0 saturated carbocycles. The van der Waals surface area contributed by atoms with Crippen molar-refractivity contribution < 1.29 is 0 Å². The summed E-state index contributed by atoms with van der Waals surface area (Å²) in [5.74, 6) is 2.10. The number of hydrogen-bond acceptors (Lipinski definition) is 5. The molecule has 1 atom stereocenters. The molecule has 5 nitrogen and oxygen atoms in total. The Morgan fingerprint density at radius 1 is 1.08 bits per heavy atom. The van der Waals surface area contributed by atoms with Crippen molar-refractivity contribution in [2.75, 3.05) is 32.1 Å². The highest BCUT2D eigenvalue weighted by Gasteiger charge is 2.13. The minimum absolute atomic E-state index is 0.175. The maximum absolute atomic E-state index is 7.44. The third-order valence-corrected chi connectivity index (χ3v) is 5.30. The molecule has 0 aromatic heterocycles. The Bertz CT molecular complexity index is 516. The number of aryl methyl sites for hydroxylation is 1. The van der Waals surface area contributed by atoms with E-state index >= 15 is 0 Å². The van der Waals surface area contributed by atoms with E-state index in [1.807, 2.05) is 0 Å². The van der Waals surface area contributed by atoms with Crippen LogP contribution in [-0.4, -0.2) is 47.4 Å². The first-order chi connectivity index (χ1) is 11.4. The zero-order valence-electron chi connectivity index (χ0n) is 14.5. The molecule has 0 unspecified atom stereocenters. The lowest BCUT2D eigenvalue weighted by Crippen LogP contribution is -2.15. The van der Waals surface area contributed by atoms with E-state index in [1.54, 1.807) is 0 Å². The molecule has 0 aliphatic carbocycles. The van der Waals surface area contributed by atoms with Crippen molar-refractivity contribution in [1.29, 1.82) is 10.8 Å². The molecule has 0 aliphatic heterocycles. The van der Waals surface area contributed by atoms with E-state index in [0.717, 1.165) is 37.3 Å². The highest BCUT2D eigenvalue weighted by Crippen LogP contribution is 2.26. The van der Waals surface area contributed by atoms with Gasteiger partial charge in [0.1, 0.15) is 0 Å². The van der Waals surface area contributed by atoms with Crippen molar-refractivity contribution in [3.05, 3.63) is 35.4 Å². The van der Waals surface area contributed by atoms with Crippen molar-refractivity contribution in [1.82, 2.24) is 4.90 Å². The molecule has 24 heavy (non-hydrogen) atoms. The zero-order chi connectivity index (χ0) is 17.9. The monoisotopic (exact) mass is 367 g/mol. The molecule has 7 heteroatoms. The molecule has 1 aromatic rings. The second-order valence-electron chi connectivity index (χ2n) is 6.02. The molecule has 1 rings (SSSR count). The summed E-state index contributed by atoms with van der Waals surface area (Å²) < 4.78 is 0. The summed E-state index contributed by atoms with van der Waals surface area (Å²) in [6, 6.07) is 8.70. The van der Waals surface area contributed by atoms with E-state index in [4.69, 9.17) is 22.3 Å². The lowest BCUT2D eigenvalue weighted by Gasteiger charge is -2.18. The van der Waals surface area contributed by atoms with Gasteiger partial charge in [-0.05, 0) is 56.9 Å². The van der Waals surface area contributed by atoms with Crippen LogP contribution in [-0.2, 0) is 6.42 Å². The van der Waals surface area contributed by atoms with Gasteiger partial charge in [-0.3, -0.25) is 10.8 Å². The van der Waals surface area contributed by atoms with E-state index in [-0.39, 0.29) is 10.3 Å². The second-order valence-corrected chi connectivity index (χ2v) is 8.22. The SMILES string of the molecule is CN(C)CCC[C@@H](CSC(=N)N)c1ccc(CCSC(=N)N)cc1. The van der Waals surface area contributed by atoms with Gasteiger partial charge in [0, 0.05) is 11.5 Å². The Balaban J connectivity index is 2.62. The van der Waals surface area contributed by atoms with Crippen molar-refractivity contribution >= 4 is 33.9 Å². The molecule has 0 bridgehead atoms. The third kappa shape index (κ3) is 9.20. The van der Waals surface area contributed by atoms with Gasteiger partial charge in [0.2, 0.25) is 0 Å². The third-order valence-electron chi connectivity index (χ3n) is 3.70. The Hall–Kier alpha value is -1.18. The van der Waals surface area contributed by atoms with Crippen LogP contribution in [0.1, 0.15) is 29.9 Å². The molecule has 0 aliphatic rings. The van der Waals surface area contributed by atoms with Crippen molar-refractivity contribution in [3.8, 4) is 0 Å². The molecule has 0 fully saturated rings. The van der Waals surface area contributed by atoms with Crippen molar-refractivity contribution in [2.45, 2.75) is 25.2 Å². The van der Waals surface area contributed by atoms with Crippen molar-refractivity contribution in [2.24, 2.45) is 11.5 Å². The van der Waals surface area contributed by atoms with Crippen LogP contribution in [0.25, 0.3) is 0 Å². The zero-order valence-corrected chi connectivity index (χ0v) is 16.2. The Morgan fingerprint density at radius 2 is 1.71 bits per heavy atom. The predicted molar refractivity (Wildman–Crippen MR) is 109 cm³/mol. The minimum atomic E-state index is 0.175. The number of rotatable bonds is 10. The summed E-state index contributed by atoms with van der Waals surface area (Å²) in [7, 11) is 4.18. The summed E-state index contributed by atoms with van der Waals surface area (Å²) in [5.41, 5.74) is 13.4. The number of thioether (sulfide) groups is 2. The van der Waals surface area contributed by atoms with Crippen LogP contribution < -0.4 is 11.5 Å². The van der Waals surface area contributed by atoms with E-state index in [0.29, 0.717) is 5.92 Å². The largest absolute Gasteiger partial charge is 0.379 e. The molecule has 0 heterocycles. The lowest BCUT2D eigenvalue weighted by molar-refractivity contribution is 0.388. The molecule has 1 aromatic carbocycles. The molecule has 134 valence electrons. The number of benzene rings is 1. The topological polar surface area (TPSA) is 103 Å². The minimum Gasteiger partial charge on any atom is -0.379 e. The van der Waals surface area contributed by atoms with Gasteiger partial charge >= 0.3 is 0 Å². The van der Waals surface area contributed by atoms with Gasteiger partial charge in [0.25, 0.3) is 0 Å². The summed E-state index contributed by atoms with van der Waals surface area (Å²) >= 11 is 2.80. The van der Waals surface area contributed by atoms with Crippen LogP contribution in [0.15, 0.2) is 24.3 Å². The van der Waals surface area contributed by atoms with Crippen molar-refractivity contribution in [3.63, 3.8) is 0 Å². The molecular formula is C17H29N5S2. The van der Waals surface area contributed by atoms with E-state index in [2.05, 4.69) is 43.3 Å². The fourth-order valence-corrected chi connectivity index (χ4v) is 3.72. The fraction of sp³-hybridized carbons (Fsp3) is 0.529. The molecule has 0 amide bonds. The Labute approximate surface area is 154 Å². The van der Waals surface area contributed by atoms with Crippen LogP contribution in [0.5, 0.6) is 0 Å². The number of nitrogens with one attached hydrogen (secondary N) is 2.